The molecular weight excluding hydrogens is 272 g/mol. The minimum absolute atomic E-state index is 0.416. The number of amides is 1. The first kappa shape index (κ1) is 14.3. The molecule has 6 heteroatoms. The van der Waals surface area contributed by atoms with Crippen LogP contribution in [0, 0.1) is 13.8 Å². The summed E-state index contributed by atoms with van der Waals surface area (Å²) in [6.45, 7) is 3.88. The Morgan fingerprint density at radius 2 is 1.85 bits per heavy atom. The van der Waals surface area contributed by atoms with Gasteiger partial charge in [0.1, 0.15) is 0 Å². The van der Waals surface area contributed by atoms with Gasteiger partial charge in [-0.2, -0.15) is 0 Å². The quantitative estimate of drug-likeness (QED) is 0.510. The van der Waals surface area contributed by atoms with E-state index in [0.717, 1.165) is 22.1 Å². The minimum Gasteiger partial charge on any atom is -0.398 e. The molecule has 5 nitrogen and oxygen atoms in total. The number of nitrogens with zero attached hydrogens (tertiary/aromatic N) is 2. The van der Waals surface area contributed by atoms with E-state index < -0.39 is 5.91 Å². The third-order valence-electron chi connectivity index (χ3n) is 2.75. The van der Waals surface area contributed by atoms with Gasteiger partial charge in [0, 0.05) is 28.4 Å². The van der Waals surface area contributed by atoms with Gasteiger partial charge in [0.15, 0.2) is 5.16 Å². The molecule has 1 aromatic carbocycles. The summed E-state index contributed by atoms with van der Waals surface area (Å²) >= 11 is 1.51. The van der Waals surface area contributed by atoms with Crippen LogP contribution in [0.1, 0.15) is 27.3 Å². The molecule has 0 aliphatic carbocycles. The summed E-state index contributed by atoms with van der Waals surface area (Å²) in [6.07, 6.45) is 0. The second-order valence-corrected chi connectivity index (χ2v) is 5.44. The predicted octanol–water partition coefficient (Wildman–Crippen LogP) is 2.07. The topological polar surface area (TPSA) is 94.9 Å². The lowest BCUT2D eigenvalue weighted by Gasteiger charge is -2.07. The molecule has 1 aromatic heterocycles. The van der Waals surface area contributed by atoms with E-state index in [4.69, 9.17) is 11.5 Å². The van der Waals surface area contributed by atoms with Crippen molar-refractivity contribution in [1.29, 1.82) is 0 Å². The van der Waals surface area contributed by atoms with E-state index in [0.29, 0.717) is 17.0 Å². The monoisotopic (exact) mass is 288 g/mol. The van der Waals surface area contributed by atoms with E-state index in [9.17, 15) is 4.79 Å². The Morgan fingerprint density at radius 3 is 2.40 bits per heavy atom. The smallest absolute Gasteiger partial charge is 0.248 e. The number of carbonyl (C=O) groups is 1. The number of aromatic nitrogens is 2. The summed E-state index contributed by atoms with van der Waals surface area (Å²) in [7, 11) is 0. The molecular formula is C14H16N4OS. The molecule has 4 N–H and O–H groups in total. The first-order valence-corrected chi connectivity index (χ1v) is 7.07. The summed E-state index contributed by atoms with van der Waals surface area (Å²) in [5, 5.41) is 0.723. The number of aryl methyl sites for hydroxylation is 2. The second-order valence-electron chi connectivity index (χ2n) is 4.50. The van der Waals surface area contributed by atoms with Crippen molar-refractivity contribution in [1.82, 2.24) is 9.97 Å². The van der Waals surface area contributed by atoms with Crippen molar-refractivity contribution in [2.24, 2.45) is 5.73 Å². The molecule has 0 saturated heterocycles. The lowest BCUT2D eigenvalue weighted by Crippen LogP contribution is -2.11. The third kappa shape index (κ3) is 3.48. The zero-order valence-electron chi connectivity index (χ0n) is 11.4. The van der Waals surface area contributed by atoms with Crippen molar-refractivity contribution in [3.05, 3.63) is 46.8 Å². The molecule has 2 aromatic rings. The zero-order chi connectivity index (χ0) is 14.7. The Bertz CT molecular complexity index is 637. The number of nitrogens with two attached hydrogens (primary N) is 2. The SMILES string of the molecule is Cc1cc(C)nc(SCc2ccc(C(N)=O)cc2N)n1. The molecule has 0 aliphatic heterocycles. The standard InChI is InChI=1S/C14H16N4OS/c1-8-5-9(2)18-14(17-8)20-7-11-4-3-10(13(16)19)6-12(11)15/h3-6H,7,15H2,1-2H3,(H2,16,19). The Balaban J connectivity index is 2.12. The van der Waals surface area contributed by atoms with Gasteiger partial charge in [-0.3, -0.25) is 4.79 Å². The summed E-state index contributed by atoms with van der Waals surface area (Å²) in [5.74, 6) is 0.168. The van der Waals surface area contributed by atoms with Gasteiger partial charge in [-0.25, -0.2) is 9.97 Å². The number of rotatable bonds is 4. The van der Waals surface area contributed by atoms with Crippen molar-refractivity contribution in [2.75, 3.05) is 5.73 Å². The van der Waals surface area contributed by atoms with Crippen LogP contribution in [0.25, 0.3) is 0 Å². The van der Waals surface area contributed by atoms with Gasteiger partial charge in [0.2, 0.25) is 5.91 Å². The molecule has 0 saturated carbocycles. The average Bonchev–Trinajstić information content (AvgIpc) is 2.36. The largest absolute Gasteiger partial charge is 0.398 e. The van der Waals surface area contributed by atoms with Gasteiger partial charge in [0.05, 0.1) is 0 Å². The molecule has 0 aliphatic rings. The van der Waals surface area contributed by atoms with Crippen molar-refractivity contribution in [2.45, 2.75) is 24.8 Å². The number of anilines is 1. The van der Waals surface area contributed by atoms with E-state index in [1.807, 2.05) is 26.0 Å². The maximum Gasteiger partial charge on any atom is 0.248 e. The summed E-state index contributed by atoms with van der Waals surface area (Å²) in [4.78, 5) is 19.8. The van der Waals surface area contributed by atoms with Crippen LogP contribution in [-0.2, 0) is 5.75 Å². The van der Waals surface area contributed by atoms with Crippen LogP contribution in [0.15, 0.2) is 29.4 Å². The van der Waals surface area contributed by atoms with Crippen LogP contribution in [0.2, 0.25) is 0 Å². The highest BCUT2D eigenvalue weighted by molar-refractivity contribution is 7.98. The lowest BCUT2D eigenvalue weighted by molar-refractivity contribution is 0.100. The molecule has 20 heavy (non-hydrogen) atoms. The second kappa shape index (κ2) is 5.92. The van der Waals surface area contributed by atoms with Crippen LogP contribution < -0.4 is 11.5 Å². The molecule has 104 valence electrons. The van der Waals surface area contributed by atoms with Gasteiger partial charge < -0.3 is 11.5 Å². The van der Waals surface area contributed by atoms with Crippen LogP contribution in [0.3, 0.4) is 0 Å². The molecule has 0 unspecified atom stereocenters. The number of primary amides is 1. The lowest BCUT2D eigenvalue weighted by atomic mass is 10.1. The number of benzene rings is 1. The normalized spacial score (nSPS) is 10.5. The molecule has 0 radical (unpaired) electrons. The van der Waals surface area contributed by atoms with Crippen molar-refractivity contribution < 1.29 is 4.79 Å². The third-order valence-corrected chi connectivity index (χ3v) is 3.65. The van der Waals surface area contributed by atoms with Gasteiger partial charge in [-0.1, -0.05) is 17.8 Å². The number of hydrogen-bond donors (Lipinski definition) is 2. The molecule has 1 heterocycles. The van der Waals surface area contributed by atoms with Gasteiger partial charge in [0.25, 0.3) is 0 Å². The maximum absolute atomic E-state index is 11.1. The fourth-order valence-electron chi connectivity index (χ4n) is 1.78. The van der Waals surface area contributed by atoms with E-state index in [2.05, 4.69) is 9.97 Å². The van der Waals surface area contributed by atoms with Crippen molar-refractivity contribution >= 4 is 23.4 Å². The molecule has 0 fully saturated rings. The van der Waals surface area contributed by atoms with Crippen molar-refractivity contribution in [3.8, 4) is 0 Å². The fraction of sp³-hybridized carbons (Fsp3) is 0.214. The van der Waals surface area contributed by atoms with E-state index in [-0.39, 0.29) is 0 Å². The van der Waals surface area contributed by atoms with Gasteiger partial charge >= 0.3 is 0 Å². The molecule has 2 rings (SSSR count). The number of hydrogen-bond acceptors (Lipinski definition) is 5. The minimum atomic E-state index is -0.478. The summed E-state index contributed by atoms with van der Waals surface area (Å²) in [6, 6.07) is 7.02. The summed E-state index contributed by atoms with van der Waals surface area (Å²) in [5.41, 5.74) is 14.9. The summed E-state index contributed by atoms with van der Waals surface area (Å²) < 4.78 is 0. The molecule has 0 bridgehead atoms. The van der Waals surface area contributed by atoms with Crippen LogP contribution in [0.5, 0.6) is 0 Å². The number of thioether (sulfide) groups is 1. The average molecular weight is 288 g/mol. The Hall–Kier alpha value is -2.08. The number of carbonyl (C=O) groups excluding carboxylic acids is 1. The fourth-order valence-corrected chi connectivity index (χ4v) is 2.74. The van der Waals surface area contributed by atoms with Gasteiger partial charge in [-0.05, 0) is 37.6 Å². The molecule has 0 spiro atoms. The molecule has 1 amide bonds. The van der Waals surface area contributed by atoms with Crippen LogP contribution in [0.4, 0.5) is 5.69 Å². The Kier molecular flexibility index (Phi) is 4.24. The highest BCUT2D eigenvalue weighted by Crippen LogP contribution is 2.24. The zero-order valence-corrected chi connectivity index (χ0v) is 12.2. The highest BCUT2D eigenvalue weighted by Gasteiger charge is 2.07. The predicted molar refractivity (Wildman–Crippen MR) is 80.4 cm³/mol. The first-order chi connectivity index (χ1) is 9.45. The van der Waals surface area contributed by atoms with Gasteiger partial charge in [-0.15, -0.1) is 0 Å². The molecule has 0 atom stereocenters. The maximum atomic E-state index is 11.1. The van der Waals surface area contributed by atoms with Crippen LogP contribution in [-0.4, -0.2) is 15.9 Å². The van der Waals surface area contributed by atoms with E-state index in [1.54, 1.807) is 12.1 Å². The van der Waals surface area contributed by atoms with Crippen molar-refractivity contribution in [3.63, 3.8) is 0 Å². The van der Waals surface area contributed by atoms with E-state index in [1.165, 1.54) is 11.8 Å². The van der Waals surface area contributed by atoms with E-state index >= 15 is 0 Å². The Labute approximate surface area is 121 Å². The first-order valence-electron chi connectivity index (χ1n) is 6.09. The Morgan fingerprint density at radius 1 is 1.20 bits per heavy atom. The number of nitrogen functional groups attached to an aromatic ring is 1. The van der Waals surface area contributed by atoms with Crippen LogP contribution >= 0.6 is 11.8 Å². The highest BCUT2D eigenvalue weighted by atomic mass is 32.2.